The summed E-state index contributed by atoms with van der Waals surface area (Å²) in [4.78, 5) is 10.7. The number of halogens is 2. The Morgan fingerprint density at radius 2 is 2.00 bits per heavy atom. The molecular weight excluding hydrogens is 238 g/mol. The fourth-order valence-electron chi connectivity index (χ4n) is 0.960. The molecule has 0 aliphatic heterocycles. The van der Waals surface area contributed by atoms with E-state index in [2.05, 4.69) is 0 Å². The first kappa shape index (κ1) is 12.7. The Kier molecular flexibility index (Phi) is 4.08. The first-order chi connectivity index (χ1) is 7.41. The Labute approximate surface area is 93.1 Å². The van der Waals surface area contributed by atoms with Crippen molar-refractivity contribution in [1.29, 1.82) is 0 Å². The van der Waals surface area contributed by atoms with Gasteiger partial charge in [0.1, 0.15) is 0 Å². The summed E-state index contributed by atoms with van der Waals surface area (Å²) < 4.78 is 36.9. The first-order valence-corrected chi connectivity index (χ1v) is 5.62. The highest BCUT2D eigenvalue weighted by Gasteiger charge is 2.15. The number of hydrogen-bond donors (Lipinski definition) is 2. The molecule has 0 saturated heterocycles. The summed E-state index contributed by atoms with van der Waals surface area (Å²) >= 11 is 0. The van der Waals surface area contributed by atoms with Crippen molar-refractivity contribution in [2.45, 2.75) is 10.9 Å². The molecule has 0 aliphatic carbocycles. The van der Waals surface area contributed by atoms with Gasteiger partial charge in [-0.1, -0.05) is 0 Å². The summed E-state index contributed by atoms with van der Waals surface area (Å²) in [5.74, 6) is -3.14. The van der Waals surface area contributed by atoms with Gasteiger partial charge in [-0.25, -0.2) is 8.78 Å². The van der Waals surface area contributed by atoms with E-state index >= 15 is 0 Å². The van der Waals surface area contributed by atoms with E-state index in [0.29, 0.717) is 0 Å². The molecule has 2 atom stereocenters. The Morgan fingerprint density at radius 3 is 2.50 bits per heavy atom. The molecule has 1 aromatic carbocycles. The lowest BCUT2D eigenvalue weighted by Crippen LogP contribution is -2.40. The molecule has 7 heteroatoms. The van der Waals surface area contributed by atoms with Crippen molar-refractivity contribution in [2.24, 2.45) is 11.5 Å². The number of rotatable bonds is 4. The van der Waals surface area contributed by atoms with Gasteiger partial charge in [0.25, 0.3) is 0 Å². The number of primary amides is 1. The lowest BCUT2D eigenvalue weighted by atomic mass is 10.3. The lowest BCUT2D eigenvalue weighted by molar-refractivity contribution is -0.118. The molecule has 16 heavy (non-hydrogen) atoms. The van der Waals surface area contributed by atoms with Gasteiger partial charge in [0.15, 0.2) is 11.6 Å². The summed E-state index contributed by atoms with van der Waals surface area (Å²) in [6.07, 6.45) is 0. The van der Waals surface area contributed by atoms with Crippen LogP contribution in [0.2, 0.25) is 0 Å². The molecule has 0 saturated carbocycles. The predicted molar refractivity (Wildman–Crippen MR) is 54.8 cm³/mol. The van der Waals surface area contributed by atoms with Crippen molar-refractivity contribution >= 4 is 16.7 Å². The van der Waals surface area contributed by atoms with Gasteiger partial charge in [-0.15, -0.1) is 0 Å². The number of hydrogen-bond acceptors (Lipinski definition) is 3. The van der Waals surface area contributed by atoms with Gasteiger partial charge in [0.05, 0.1) is 22.6 Å². The van der Waals surface area contributed by atoms with Crippen LogP contribution in [-0.4, -0.2) is 21.9 Å². The van der Waals surface area contributed by atoms with Crippen LogP contribution >= 0.6 is 0 Å². The molecule has 0 bridgehead atoms. The fraction of sp³-hybridized carbons (Fsp3) is 0.222. The molecule has 4 nitrogen and oxygen atoms in total. The maximum Gasteiger partial charge on any atom is 0.235 e. The zero-order chi connectivity index (χ0) is 12.3. The Morgan fingerprint density at radius 1 is 1.38 bits per heavy atom. The highest BCUT2D eigenvalue weighted by atomic mass is 32.2. The molecule has 88 valence electrons. The van der Waals surface area contributed by atoms with E-state index in [-0.39, 0.29) is 10.6 Å². The number of amides is 1. The Hall–Kier alpha value is -1.34. The normalized spacial score (nSPS) is 14.4. The average Bonchev–Trinajstić information content (AvgIpc) is 2.21. The minimum atomic E-state index is -1.69. The lowest BCUT2D eigenvalue weighted by Gasteiger charge is -2.07. The highest BCUT2D eigenvalue weighted by Crippen LogP contribution is 2.12. The number of nitrogens with two attached hydrogens (primary N) is 2. The monoisotopic (exact) mass is 248 g/mol. The Balaban J connectivity index is 2.81. The second-order valence-electron chi connectivity index (χ2n) is 3.10. The van der Waals surface area contributed by atoms with E-state index in [1.165, 1.54) is 6.07 Å². The smallest absolute Gasteiger partial charge is 0.235 e. The van der Waals surface area contributed by atoms with Gasteiger partial charge in [0.2, 0.25) is 5.91 Å². The SMILES string of the molecule is NC(=O)C(N)CS(=O)c1ccc(F)c(F)c1. The molecule has 1 aromatic rings. The minimum absolute atomic E-state index is 0.0654. The van der Waals surface area contributed by atoms with E-state index in [1.807, 2.05) is 0 Å². The van der Waals surface area contributed by atoms with Gasteiger partial charge in [0, 0.05) is 4.90 Å². The standard InChI is InChI=1S/C9H10F2N2O2S/c10-6-2-1-5(3-7(6)11)16(15)4-8(12)9(13)14/h1-3,8H,4,12H2,(H2,13,14). The predicted octanol–water partition coefficient (Wildman–Crippen LogP) is -0.115. The molecule has 4 N–H and O–H groups in total. The van der Waals surface area contributed by atoms with Crippen molar-refractivity contribution in [1.82, 2.24) is 0 Å². The summed E-state index contributed by atoms with van der Waals surface area (Å²) in [7, 11) is -1.69. The van der Waals surface area contributed by atoms with Gasteiger partial charge >= 0.3 is 0 Å². The molecule has 0 aromatic heterocycles. The first-order valence-electron chi connectivity index (χ1n) is 4.30. The minimum Gasteiger partial charge on any atom is -0.368 e. The van der Waals surface area contributed by atoms with Gasteiger partial charge in [-0.3, -0.25) is 9.00 Å². The third kappa shape index (κ3) is 3.07. The van der Waals surface area contributed by atoms with Crippen molar-refractivity contribution < 1.29 is 17.8 Å². The third-order valence-electron chi connectivity index (χ3n) is 1.85. The van der Waals surface area contributed by atoms with E-state index in [9.17, 15) is 17.8 Å². The van der Waals surface area contributed by atoms with Crippen LogP contribution in [0.5, 0.6) is 0 Å². The largest absolute Gasteiger partial charge is 0.368 e. The van der Waals surface area contributed by atoms with Crippen molar-refractivity contribution in [3.8, 4) is 0 Å². The molecule has 0 radical (unpaired) electrons. The molecule has 0 heterocycles. The van der Waals surface area contributed by atoms with Crippen LogP contribution in [0.3, 0.4) is 0 Å². The van der Waals surface area contributed by atoms with Gasteiger partial charge in [-0.05, 0) is 18.2 Å². The van der Waals surface area contributed by atoms with Crippen LogP contribution in [-0.2, 0) is 15.6 Å². The number of carbonyl (C=O) groups excluding carboxylic acids is 1. The maximum atomic E-state index is 12.8. The fourth-order valence-corrected chi connectivity index (χ4v) is 2.10. The van der Waals surface area contributed by atoms with Crippen molar-refractivity contribution in [2.75, 3.05) is 5.75 Å². The van der Waals surface area contributed by atoms with E-state index in [1.54, 1.807) is 0 Å². The molecule has 0 spiro atoms. The van der Waals surface area contributed by atoms with Crippen LogP contribution < -0.4 is 11.5 Å². The maximum absolute atomic E-state index is 12.8. The summed E-state index contributed by atoms with van der Waals surface area (Å²) in [6, 6.07) is 1.76. The summed E-state index contributed by atoms with van der Waals surface area (Å²) in [6.45, 7) is 0. The molecule has 1 rings (SSSR count). The summed E-state index contributed by atoms with van der Waals surface area (Å²) in [5, 5.41) is 0. The third-order valence-corrected chi connectivity index (χ3v) is 3.29. The molecule has 2 unspecified atom stereocenters. The molecule has 0 fully saturated rings. The van der Waals surface area contributed by atoms with Gasteiger partial charge in [-0.2, -0.15) is 0 Å². The molecule has 1 amide bonds. The van der Waals surface area contributed by atoms with Crippen LogP contribution in [0.1, 0.15) is 0 Å². The highest BCUT2D eigenvalue weighted by molar-refractivity contribution is 7.85. The van der Waals surface area contributed by atoms with Gasteiger partial charge < -0.3 is 11.5 Å². The number of benzene rings is 1. The van der Waals surface area contributed by atoms with E-state index in [0.717, 1.165) is 12.1 Å². The second-order valence-corrected chi connectivity index (χ2v) is 4.59. The van der Waals surface area contributed by atoms with Crippen molar-refractivity contribution in [3.63, 3.8) is 0 Å². The Bertz CT molecular complexity index is 440. The van der Waals surface area contributed by atoms with Crippen LogP contribution in [0, 0.1) is 11.6 Å². The van der Waals surface area contributed by atoms with Crippen LogP contribution in [0.15, 0.2) is 23.1 Å². The quantitative estimate of drug-likeness (QED) is 0.779. The van der Waals surface area contributed by atoms with E-state index < -0.39 is 34.4 Å². The van der Waals surface area contributed by atoms with Crippen LogP contribution in [0.25, 0.3) is 0 Å². The average molecular weight is 248 g/mol. The molecule has 0 aliphatic rings. The second kappa shape index (κ2) is 5.13. The van der Waals surface area contributed by atoms with Crippen LogP contribution in [0.4, 0.5) is 8.78 Å². The summed E-state index contributed by atoms with van der Waals surface area (Å²) in [5.41, 5.74) is 10.2. The topological polar surface area (TPSA) is 86.2 Å². The zero-order valence-electron chi connectivity index (χ0n) is 8.15. The molecular formula is C9H10F2N2O2S. The number of carbonyl (C=O) groups is 1. The van der Waals surface area contributed by atoms with Crippen molar-refractivity contribution in [3.05, 3.63) is 29.8 Å². The van der Waals surface area contributed by atoms with E-state index in [4.69, 9.17) is 11.5 Å². The zero-order valence-corrected chi connectivity index (χ0v) is 8.97.